The molecule has 0 spiro atoms. The fourth-order valence-electron chi connectivity index (χ4n) is 2.76. The third kappa shape index (κ3) is 5.01. The van der Waals surface area contributed by atoms with Crippen LogP contribution in [0.5, 0.6) is 0 Å². The van der Waals surface area contributed by atoms with E-state index in [1.807, 2.05) is 61.5 Å². The Kier molecular flexibility index (Phi) is 6.43. The van der Waals surface area contributed by atoms with E-state index < -0.39 is 0 Å². The summed E-state index contributed by atoms with van der Waals surface area (Å²) in [5, 5.41) is 16.2. The molecule has 4 aromatic rings. The number of fused-ring (bicyclic) bond motifs is 1. The Balaban J connectivity index is 1.35. The van der Waals surface area contributed by atoms with Gasteiger partial charge in [-0.1, -0.05) is 72.5 Å². The normalized spacial score (nSPS) is 11.6. The van der Waals surface area contributed by atoms with E-state index in [0.29, 0.717) is 10.3 Å². The molecular formula is C20H20N8OS2. The summed E-state index contributed by atoms with van der Waals surface area (Å²) >= 11 is 2.61. The molecule has 2 aromatic carbocycles. The second kappa shape index (κ2) is 9.58. The van der Waals surface area contributed by atoms with E-state index in [1.54, 1.807) is 0 Å². The lowest BCUT2D eigenvalue weighted by molar-refractivity contribution is -0.113. The van der Waals surface area contributed by atoms with Crippen molar-refractivity contribution in [1.29, 1.82) is 0 Å². The van der Waals surface area contributed by atoms with E-state index in [-0.39, 0.29) is 17.6 Å². The number of hydrogen-bond donors (Lipinski definition) is 3. The van der Waals surface area contributed by atoms with Gasteiger partial charge in [0.25, 0.3) is 5.95 Å². The lowest BCUT2D eigenvalue weighted by atomic mass is 10.1. The van der Waals surface area contributed by atoms with Crippen LogP contribution in [-0.2, 0) is 4.79 Å². The zero-order valence-electron chi connectivity index (χ0n) is 16.6. The van der Waals surface area contributed by atoms with Crippen molar-refractivity contribution < 1.29 is 4.79 Å². The number of thiazole rings is 1. The third-order valence-electron chi connectivity index (χ3n) is 4.27. The van der Waals surface area contributed by atoms with Crippen LogP contribution in [0.4, 0.5) is 11.1 Å². The molecule has 0 fully saturated rings. The third-order valence-corrected chi connectivity index (χ3v) is 6.16. The van der Waals surface area contributed by atoms with E-state index in [1.165, 1.54) is 27.8 Å². The van der Waals surface area contributed by atoms with Crippen molar-refractivity contribution in [1.82, 2.24) is 19.9 Å². The van der Waals surface area contributed by atoms with Crippen LogP contribution in [0.25, 0.3) is 10.2 Å². The number of benzene rings is 2. The zero-order valence-corrected chi connectivity index (χ0v) is 18.3. The van der Waals surface area contributed by atoms with Crippen molar-refractivity contribution in [3.8, 4) is 0 Å². The molecule has 0 atom stereocenters. The second-order valence-electron chi connectivity index (χ2n) is 6.39. The average Bonchev–Trinajstić information content (AvgIpc) is 3.36. The first kappa shape index (κ1) is 20.8. The first-order valence-electron chi connectivity index (χ1n) is 9.50. The molecule has 9 nitrogen and oxygen atoms in total. The maximum atomic E-state index is 12.3. The van der Waals surface area contributed by atoms with Crippen LogP contribution in [0.3, 0.4) is 0 Å². The number of aromatic nitrogens is 4. The quantitative estimate of drug-likeness (QED) is 0.162. The summed E-state index contributed by atoms with van der Waals surface area (Å²) in [6.07, 6.45) is 0.739. The first-order valence-corrected chi connectivity index (χ1v) is 11.3. The monoisotopic (exact) mass is 452 g/mol. The number of nitrogen functional groups attached to an aromatic ring is 1. The molecule has 0 bridgehead atoms. The summed E-state index contributed by atoms with van der Waals surface area (Å²) in [5.41, 5.74) is 5.60. The topological polar surface area (TPSA) is 123 Å². The number of carbonyl (C=O) groups is 1. The molecule has 0 aliphatic heterocycles. The highest BCUT2D eigenvalue weighted by molar-refractivity contribution is 7.99. The number of para-hydroxylation sites is 1. The SMILES string of the molecule is CC/C(=N/Nc1nnc(SCC(=O)Nc2nc3ccccc3s2)n1N)c1ccccc1. The maximum Gasteiger partial charge on any atom is 0.264 e. The number of hydrogen-bond acceptors (Lipinski definition) is 9. The Labute approximate surface area is 186 Å². The summed E-state index contributed by atoms with van der Waals surface area (Å²) in [4.78, 5) is 16.7. The molecule has 0 aliphatic carbocycles. The molecule has 4 N–H and O–H groups in total. The summed E-state index contributed by atoms with van der Waals surface area (Å²) < 4.78 is 2.29. The standard InChI is InChI=1S/C20H20N8OS2/c1-2-14(13-8-4-3-5-9-13)24-25-18-26-27-20(28(18)21)30-12-17(29)23-19-22-15-10-6-7-11-16(15)31-19/h3-11H,2,12,21H2,1H3,(H,25,26)(H,22,23,29)/b24-14-. The predicted molar refractivity (Wildman–Crippen MR) is 126 cm³/mol. The Morgan fingerprint density at radius 3 is 2.71 bits per heavy atom. The van der Waals surface area contributed by atoms with Gasteiger partial charge in [0.1, 0.15) is 0 Å². The van der Waals surface area contributed by atoms with Crippen molar-refractivity contribution in [2.45, 2.75) is 18.5 Å². The predicted octanol–water partition coefficient (Wildman–Crippen LogP) is 3.56. The minimum absolute atomic E-state index is 0.124. The fourth-order valence-corrected chi connectivity index (χ4v) is 4.30. The van der Waals surface area contributed by atoms with Gasteiger partial charge in [-0.3, -0.25) is 4.79 Å². The van der Waals surface area contributed by atoms with Gasteiger partial charge in [0.2, 0.25) is 11.1 Å². The number of nitrogens with two attached hydrogens (primary N) is 1. The smallest absolute Gasteiger partial charge is 0.264 e. The number of thioether (sulfide) groups is 1. The molecule has 1 amide bonds. The maximum absolute atomic E-state index is 12.3. The van der Waals surface area contributed by atoms with Crippen molar-refractivity contribution in [2.24, 2.45) is 5.10 Å². The van der Waals surface area contributed by atoms with Gasteiger partial charge in [-0.2, -0.15) is 5.10 Å². The van der Waals surface area contributed by atoms with E-state index in [0.717, 1.165) is 27.9 Å². The van der Waals surface area contributed by atoms with Crippen molar-refractivity contribution >= 4 is 56.0 Å². The van der Waals surface area contributed by atoms with Gasteiger partial charge in [-0.15, -0.1) is 10.2 Å². The van der Waals surface area contributed by atoms with Gasteiger partial charge in [0.15, 0.2) is 5.13 Å². The summed E-state index contributed by atoms with van der Waals surface area (Å²) in [6.45, 7) is 2.02. The van der Waals surface area contributed by atoms with Crippen LogP contribution in [-0.4, -0.2) is 37.2 Å². The molecule has 2 aromatic heterocycles. The van der Waals surface area contributed by atoms with Crippen molar-refractivity contribution in [3.63, 3.8) is 0 Å². The van der Waals surface area contributed by atoms with E-state index in [4.69, 9.17) is 5.84 Å². The molecule has 0 radical (unpaired) electrons. The fraction of sp³-hybridized carbons (Fsp3) is 0.150. The Morgan fingerprint density at radius 2 is 1.94 bits per heavy atom. The van der Waals surface area contributed by atoms with E-state index in [2.05, 4.69) is 31.0 Å². The molecule has 0 unspecified atom stereocenters. The number of anilines is 2. The number of nitrogens with zero attached hydrogens (tertiary/aromatic N) is 5. The zero-order chi connectivity index (χ0) is 21.6. The van der Waals surface area contributed by atoms with Crippen LogP contribution in [0, 0.1) is 0 Å². The number of hydrazone groups is 1. The lowest BCUT2D eigenvalue weighted by Crippen LogP contribution is -2.17. The molecule has 31 heavy (non-hydrogen) atoms. The number of nitrogens with one attached hydrogen (secondary N) is 2. The molecule has 0 saturated carbocycles. The highest BCUT2D eigenvalue weighted by Gasteiger charge is 2.14. The van der Waals surface area contributed by atoms with Crippen LogP contribution < -0.4 is 16.6 Å². The van der Waals surface area contributed by atoms with Gasteiger partial charge < -0.3 is 11.2 Å². The number of amides is 1. The van der Waals surface area contributed by atoms with Crippen LogP contribution >= 0.6 is 23.1 Å². The van der Waals surface area contributed by atoms with Gasteiger partial charge >= 0.3 is 0 Å². The van der Waals surface area contributed by atoms with Crippen molar-refractivity contribution in [2.75, 3.05) is 22.3 Å². The van der Waals surface area contributed by atoms with Gasteiger partial charge in [0.05, 0.1) is 21.7 Å². The van der Waals surface area contributed by atoms with E-state index in [9.17, 15) is 4.79 Å². The molecule has 4 rings (SSSR count). The summed E-state index contributed by atoms with van der Waals surface area (Å²) in [6, 6.07) is 17.6. The summed E-state index contributed by atoms with van der Waals surface area (Å²) in [5.74, 6) is 6.27. The van der Waals surface area contributed by atoms with Crippen LogP contribution in [0.2, 0.25) is 0 Å². The van der Waals surface area contributed by atoms with Gasteiger partial charge in [0, 0.05) is 0 Å². The van der Waals surface area contributed by atoms with Gasteiger partial charge in [-0.05, 0) is 24.1 Å². The largest absolute Gasteiger partial charge is 0.334 e. The van der Waals surface area contributed by atoms with Gasteiger partial charge in [-0.25, -0.2) is 15.1 Å². The molecule has 0 saturated heterocycles. The molecule has 0 aliphatic rings. The van der Waals surface area contributed by atoms with Crippen molar-refractivity contribution in [3.05, 3.63) is 60.2 Å². The second-order valence-corrected chi connectivity index (χ2v) is 8.36. The van der Waals surface area contributed by atoms with E-state index >= 15 is 0 Å². The molecular weight excluding hydrogens is 432 g/mol. The average molecular weight is 453 g/mol. The minimum atomic E-state index is -0.197. The Morgan fingerprint density at radius 1 is 1.16 bits per heavy atom. The number of carbonyl (C=O) groups excluding carboxylic acids is 1. The Hall–Kier alpha value is -3.44. The summed E-state index contributed by atoms with van der Waals surface area (Å²) in [7, 11) is 0. The highest BCUT2D eigenvalue weighted by Crippen LogP contribution is 2.25. The first-order chi connectivity index (χ1) is 15.1. The minimum Gasteiger partial charge on any atom is -0.334 e. The number of rotatable bonds is 8. The Bertz CT molecular complexity index is 1190. The molecule has 11 heteroatoms. The van der Waals surface area contributed by atoms with Crippen LogP contribution in [0.1, 0.15) is 18.9 Å². The molecule has 158 valence electrons. The molecule has 2 heterocycles. The lowest BCUT2D eigenvalue weighted by Gasteiger charge is -2.06. The highest BCUT2D eigenvalue weighted by atomic mass is 32.2. The van der Waals surface area contributed by atoms with Crippen LogP contribution in [0.15, 0.2) is 64.9 Å².